The van der Waals surface area contributed by atoms with Crippen LogP contribution in [-0.4, -0.2) is 5.90 Å². The average molecular weight is 238 g/mol. The van der Waals surface area contributed by atoms with Crippen LogP contribution in [0, 0.1) is 0 Å². The predicted octanol–water partition coefficient (Wildman–Crippen LogP) is 2.75. The maximum absolute atomic E-state index is 5.68. The third-order valence-corrected chi connectivity index (χ3v) is 3.01. The largest absolute Gasteiger partial charge is 0.472 e. The molecule has 2 N–H and O–H groups in total. The lowest BCUT2D eigenvalue weighted by molar-refractivity contribution is 0.288. The molecule has 90 valence electrons. The van der Waals surface area contributed by atoms with Gasteiger partial charge in [-0.1, -0.05) is 30.3 Å². The summed E-state index contributed by atoms with van der Waals surface area (Å²) in [5, 5.41) is 0. The van der Waals surface area contributed by atoms with Crippen molar-refractivity contribution in [3.63, 3.8) is 0 Å². The van der Waals surface area contributed by atoms with E-state index in [1.165, 1.54) is 0 Å². The van der Waals surface area contributed by atoms with E-state index in [4.69, 9.17) is 10.5 Å². The van der Waals surface area contributed by atoms with Gasteiger partial charge in [0, 0.05) is 17.7 Å². The summed E-state index contributed by atoms with van der Waals surface area (Å²) in [6, 6.07) is 16.0. The number of benzene rings is 2. The molecule has 0 saturated heterocycles. The number of aliphatic imine (C=N–C) groups is 1. The number of hydrogen-bond acceptors (Lipinski definition) is 3. The molecule has 2 aromatic rings. The zero-order valence-corrected chi connectivity index (χ0v) is 9.97. The van der Waals surface area contributed by atoms with Crippen molar-refractivity contribution < 1.29 is 4.74 Å². The quantitative estimate of drug-likeness (QED) is 0.874. The Labute approximate surface area is 106 Å². The smallest absolute Gasteiger partial charge is 0.221 e. The molecule has 3 nitrogen and oxygen atoms in total. The van der Waals surface area contributed by atoms with E-state index in [2.05, 4.69) is 4.99 Å². The highest BCUT2D eigenvalue weighted by atomic mass is 16.5. The van der Waals surface area contributed by atoms with Gasteiger partial charge in [-0.3, -0.25) is 0 Å². The molecule has 0 radical (unpaired) electrons. The van der Waals surface area contributed by atoms with E-state index >= 15 is 0 Å². The van der Waals surface area contributed by atoms with Crippen LogP contribution in [0.15, 0.2) is 53.5 Å². The van der Waals surface area contributed by atoms with Crippen LogP contribution in [0.5, 0.6) is 0 Å². The number of hydrogen-bond donors (Lipinski definition) is 1. The van der Waals surface area contributed by atoms with Crippen LogP contribution < -0.4 is 5.73 Å². The zero-order valence-electron chi connectivity index (χ0n) is 9.97. The number of nitrogens with zero attached hydrogens (tertiary/aromatic N) is 1. The molecule has 0 spiro atoms. The van der Waals surface area contributed by atoms with Gasteiger partial charge in [-0.25, -0.2) is 4.99 Å². The number of para-hydroxylation sites is 1. The maximum atomic E-state index is 5.68. The van der Waals surface area contributed by atoms with Gasteiger partial charge >= 0.3 is 0 Å². The topological polar surface area (TPSA) is 47.6 Å². The predicted molar refractivity (Wildman–Crippen MR) is 71.8 cm³/mol. The molecule has 0 aliphatic carbocycles. The first-order valence-corrected chi connectivity index (χ1v) is 5.95. The van der Waals surface area contributed by atoms with Gasteiger partial charge < -0.3 is 10.5 Å². The van der Waals surface area contributed by atoms with Crippen molar-refractivity contribution in [1.29, 1.82) is 0 Å². The van der Waals surface area contributed by atoms with Gasteiger partial charge in [-0.2, -0.15) is 0 Å². The molecule has 0 fully saturated rings. The number of fused-ring (bicyclic) bond motifs is 1. The Morgan fingerprint density at radius 3 is 2.61 bits per heavy atom. The van der Waals surface area contributed by atoms with E-state index in [1.54, 1.807) is 0 Å². The molecule has 1 aliphatic heterocycles. The Morgan fingerprint density at radius 1 is 1.06 bits per heavy atom. The lowest BCUT2D eigenvalue weighted by atomic mass is 10.1. The summed E-state index contributed by atoms with van der Waals surface area (Å²) in [6.07, 6.45) is 0. The van der Waals surface area contributed by atoms with Crippen LogP contribution in [0.4, 0.5) is 5.69 Å². The Morgan fingerprint density at radius 2 is 1.83 bits per heavy atom. The summed E-state index contributed by atoms with van der Waals surface area (Å²) in [5.74, 6) is 0.678. The van der Waals surface area contributed by atoms with Crippen LogP contribution in [0.2, 0.25) is 0 Å². The molecular weight excluding hydrogens is 224 g/mol. The Balaban J connectivity index is 1.96. The van der Waals surface area contributed by atoms with E-state index < -0.39 is 0 Å². The van der Waals surface area contributed by atoms with Gasteiger partial charge in [-0.05, 0) is 23.8 Å². The highest BCUT2D eigenvalue weighted by molar-refractivity contribution is 5.96. The van der Waals surface area contributed by atoms with Gasteiger partial charge in [0.2, 0.25) is 5.90 Å². The van der Waals surface area contributed by atoms with Gasteiger partial charge in [0.25, 0.3) is 0 Å². The monoisotopic (exact) mass is 238 g/mol. The van der Waals surface area contributed by atoms with Gasteiger partial charge in [0.05, 0.1) is 5.69 Å². The molecule has 3 heteroatoms. The van der Waals surface area contributed by atoms with Crippen LogP contribution in [-0.2, 0) is 17.9 Å². The van der Waals surface area contributed by atoms with Crippen molar-refractivity contribution in [2.75, 3.05) is 0 Å². The molecule has 0 atom stereocenters. The molecular formula is C15H14N2O. The minimum atomic E-state index is 0.552. The summed E-state index contributed by atoms with van der Waals surface area (Å²) < 4.78 is 5.68. The van der Waals surface area contributed by atoms with Crippen molar-refractivity contribution in [3.05, 3.63) is 65.2 Å². The van der Waals surface area contributed by atoms with Crippen LogP contribution >= 0.6 is 0 Å². The summed E-state index contributed by atoms with van der Waals surface area (Å²) >= 11 is 0. The van der Waals surface area contributed by atoms with Gasteiger partial charge in [-0.15, -0.1) is 0 Å². The second kappa shape index (κ2) is 4.63. The first kappa shape index (κ1) is 11.0. The second-order valence-corrected chi connectivity index (χ2v) is 4.24. The molecule has 0 amide bonds. The van der Waals surface area contributed by atoms with Crippen molar-refractivity contribution in [1.82, 2.24) is 0 Å². The molecule has 2 aromatic carbocycles. The third kappa shape index (κ3) is 2.00. The Hall–Kier alpha value is -2.13. The summed E-state index contributed by atoms with van der Waals surface area (Å²) in [4.78, 5) is 4.53. The first-order valence-electron chi connectivity index (χ1n) is 5.95. The third-order valence-electron chi connectivity index (χ3n) is 3.01. The molecule has 3 rings (SSSR count). The van der Waals surface area contributed by atoms with E-state index in [1.807, 2.05) is 48.5 Å². The lowest BCUT2D eigenvalue weighted by Crippen LogP contribution is -2.11. The van der Waals surface area contributed by atoms with Gasteiger partial charge in [0.1, 0.15) is 6.61 Å². The average Bonchev–Trinajstić information content (AvgIpc) is 2.47. The van der Waals surface area contributed by atoms with Crippen molar-refractivity contribution in [3.8, 4) is 0 Å². The highest BCUT2D eigenvalue weighted by Crippen LogP contribution is 2.25. The Bertz CT molecular complexity index is 588. The van der Waals surface area contributed by atoms with E-state index in [0.29, 0.717) is 19.0 Å². The highest BCUT2D eigenvalue weighted by Gasteiger charge is 2.13. The Kier molecular flexibility index (Phi) is 2.82. The fourth-order valence-corrected chi connectivity index (χ4v) is 1.96. The summed E-state index contributed by atoms with van der Waals surface area (Å²) in [7, 11) is 0. The summed E-state index contributed by atoms with van der Waals surface area (Å²) in [6.45, 7) is 1.13. The lowest BCUT2D eigenvalue weighted by Gasteiger charge is -2.16. The maximum Gasteiger partial charge on any atom is 0.221 e. The SMILES string of the molecule is NCc1ccc(C2=Nc3ccccc3CO2)cc1. The number of rotatable bonds is 2. The standard InChI is InChI=1S/C15H14N2O/c16-9-11-5-7-12(8-6-11)15-17-14-4-2-1-3-13(14)10-18-15/h1-8H,9-10,16H2. The normalized spacial score (nSPS) is 13.5. The molecule has 18 heavy (non-hydrogen) atoms. The first-order chi connectivity index (χ1) is 8.86. The van der Waals surface area contributed by atoms with E-state index in [-0.39, 0.29) is 0 Å². The fourth-order valence-electron chi connectivity index (χ4n) is 1.96. The second-order valence-electron chi connectivity index (χ2n) is 4.24. The fraction of sp³-hybridized carbons (Fsp3) is 0.133. The minimum absolute atomic E-state index is 0.552. The molecule has 1 aliphatic rings. The zero-order chi connectivity index (χ0) is 12.4. The molecule has 0 bridgehead atoms. The van der Waals surface area contributed by atoms with Crippen LogP contribution in [0.3, 0.4) is 0 Å². The molecule has 0 aromatic heterocycles. The van der Waals surface area contributed by atoms with E-state index in [9.17, 15) is 0 Å². The van der Waals surface area contributed by atoms with Crippen LogP contribution in [0.25, 0.3) is 0 Å². The van der Waals surface area contributed by atoms with Gasteiger partial charge in [0.15, 0.2) is 0 Å². The van der Waals surface area contributed by atoms with Crippen LogP contribution in [0.1, 0.15) is 16.7 Å². The van der Waals surface area contributed by atoms with Crippen molar-refractivity contribution in [2.45, 2.75) is 13.2 Å². The number of nitrogens with two attached hydrogens (primary N) is 1. The van der Waals surface area contributed by atoms with Crippen molar-refractivity contribution in [2.24, 2.45) is 10.7 Å². The minimum Gasteiger partial charge on any atom is -0.472 e. The van der Waals surface area contributed by atoms with Crippen molar-refractivity contribution >= 4 is 11.6 Å². The van der Waals surface area contributed by atoms with E-state index in [0.717, 1.165) is 22.4 Å². The summed E-state index contributed by atoms with van der Waals surface area (Å²) in [5.41, 5.74) is 9.79. The molecule has 0 unspecified atom stereocenters. The molecule has 0 saturated carbocycles. The number of ether oxygens (including phenoxy) is 1. The molecule has 1 heterocycles.